The summed E-state index contributed by atoms with van der Waals surface area (Å²) < 4.78 is 13.8. The summed E-state index contributed by atoms with van der Waals surface area (Å²) in [5.41, 5.74) is 4.96. The fourth-order valence-corrected chi connectivity index (χ4v) is 0.763. The van der Waals surface area contributed by atoms with E-state index in [9.17, 15) is 9.36 Å². The zero-order chi connectivity index (χ0) is 10.6. The van der Waals surface area contributed by atoms with Crippen molar-refractivity contribution >= 4 is 49.3 Å². The molecule has 11 heteroatoms. The molecule has 9 nitrogen and oxygen atoms in total. The molecule has 0 atom stereocenters. The molecule has 0 aliphatic carbocycles. The zero-order valence-corrected chi connectivity index (χ0v) is 8.19. The predicted molar refractivity (Wildman–Crippen MR) is 53.4 cm³/mol. The summed E-state index contributed by atoms with van der Waals surface area (Å²) in [5, 5.41) is 6.83. The second-order valence-corrected chi connectivity index (χ2v) is 3.36. The van der Waals surface area contributed by atoms with E-state index in [2.05, 4.69) is 4.52 Å². The van der Waals surface area contributed by atoms with Crippen LogP contribution in [0.1, 0.15) is 0 Å². The van der Waals surface area contributed by atoms with E-state index < -0.39 is 26.3 Å². The number of likely N-dealkylation sites (N-methyl/N-ethyl adjacent to an activating group) is 1. The van der Waals surface area contributed by atoms with Crippen LogP contribution in [0.4, 0.5) is 0 Å². The molecule has 0 fully saturated rings. The molecule has 0 aromatic carbocycles. The number of carbonyl (C=O) groups excluding carboxylic acids is 1. The van der Waals surface area contributed by atoms with E-state index in [1.807, 2.05) is 0 Å². The van der Waals surface area contributed by atoms with Crippen LogP contribution in [-0.2, 0) is 13.9 Å². The SMILES string of the molecule is CN(CC(=O)OP(=O)(O)O)C(=N)N.O.[NaH]. The number of guanidine groups is 1. The van der Waals surface area contributed by atoms with E-state index >= 15 is 0 Å². The monoisotopic (exact) mass is 253 g/mol. The van der Waals surface area contributed by atoms with Crippen LogP contribution in [0.2, 0.25) is 0 Å². The van der Waals surface area contributed by atoms with Gasteiger partial charge in [0.05, 0.1) is 0 Å². The quantitative estimate of drug-likeness (QED) is 0.179. The number of phosphoric ester groups is 1. The van der Waals surface area contributed by atoms with Gasteiger partial charge >= 0.3 is 43.3 Å². The van der Waals surface area contributed by atoms with Gasteiger partial charge in [0.1, 0.15) is 6.54 Å². The molecule has 7 N–H and O–H groups in total. The first kappa shape index (κ1) is 20.3. The van der Waals surface area contributed by atoms with Crippen molar-refractivity contribution < 1.29 is 29.1 Å². The fraction of sp³-hybridized carbons (Fsp3) is 0.500. The molecule has 0 amide bonds. The third-order valence-electron chi connectivity index (χ3n) is 0.998. The van der Waals surface area contributed by atoms with Crippen LogP contribution < -0.4 is 5.73 Å². The van der Waals surface area contributed by atoms with Gasteiger partial charge in [-0.3, -0.25) is 15.2 Å². The van der Waals surface area contributed by atoms with Crippen LogP contribution >= 0.6 is 7.82 Å². The van der Waals surface area contributed by atoms with E-state index in [0.717, 1.165) is 4.90 Å². The first-order valence-electron chi connectivity index (χ1n) is 3.05. The van der Waals surface area contributed by atoms with Gasteiger partial charge in [-0.1, -0.05) is 0 Å². The van der Waals surface area contributed by atoms with E-state index in [4.69, 9.17) is 20.9 Å². The number of rotatable bonds is 3. The Hall–Kier alpha value is -0.150. The molecule has 0 spiro atoms. The Morgan fingerprint density at radius 1 is 1.60 bits per heavy atom. The number of nitrogens with zero attached hydrogens (tertiary/aromatic N) is 1. The van der Waals surface area contributed by atoms with Crippen molar-refractivity contribution in [1.82, 2.24) is 4.90 Å². The zero-order valence-electron chi connectivity index (χ0n) is 7.30. The minimum absolute atomic E-state index is 0. The summed E-state index contributed by atoms with van der Waals surface area (Å²) >= 11 is 0. The summed E-state index contributed by atoms with van der Waals surface area (Å²) in [7, 11) is -3.49. The standard InChI is InChI=1S/C4H10N3O5P.Na.H2O.H/c1-7(4(5)6)2-3(8)12-13(9,10)11;;;/h2H2,1H3,(H3,5,6)(H2,9,10,11);;1H2;. The van der Waals surface area contributed by atoms with Gasteiger partial charge in [0.15, 0.2) is 5.96 Å². The number of hydrogen-bond donors (Lipinski definition) is 4. The summed E-state index contributed by atoms with van der Waals surface area (Å²) in [5.74, 6) is -1.55. The van der Waals surface area contributed by atoms with Gasteiger partial charge in [-0.25, -0.2) is 9.36 Å². The summed E-state index contributed by atoms with van der Waals surface area (Å²) in [6.45, 7) is -0.486. The molecular weight excluding hydrogens is 240 g/mol. The molecule has 0 aliphatic heterocycles. The molecular formula is C4H13N3NaO6P. The van der Waals surface area contributed by atoms with Gasteiger partial charge in [0.2, 0.25) is 0 Å². The molecule has 0 aliphatic rings. The molecule has 0 aromatic heterocycles. The molecule has 86 valence electrons. The van der Waals surface area contributed by atoms with Crippen molar-refractivity contribution in [3.05, 3.63) is 0 Å². The van der Waals surface area contributed by atoms with Crippen LogP contribution in [-0.4, -0.2) is 75.2 Å². The second kappa shape index (κ2) is 8.05. The Balaban J connectivity index is -0.000000720. The minimum atomic E-state index is -4.80. The molecule has 0 rings (SSSR count). The Morgan fingerprint density at radius 3 is 2.27 bits per heavy atom. The van der Waals surface area contributed by atoms with E-state index in [-0.39, 0.29) is 35.0 Å². The molecule has 0 saturated carbocycles. The van der Waals surface area contributed by atoms with Crippen molar-refractivity contribution in [2.75, 3.05) is 13.6 Å². The van der Waals surface area contributed by atoms with E-state index in [1.54, 1.807) is 0 Å². The van der Waals surface area contributed by atoms with Gasteiger partial charge < -0.3 is 20.6 Å². The molecule has 0 unspecified atom stereocenters. The first-order chi connectivity index (χ1) is 5.72. The molecule has 0 bridgehead atoms. The van der Waals surface area contributed by atoms with Crippen molar-refractivity contribution in [3.63, 3.8) is 0 Å². The number of hydrogen-bond acceptors (Lipinski definition) is 4. The predicted octanol–water partition coefficient (Wildman–Crippen LogP) is -3.03. The molecule has 15 heavy (non-hydrogen) atoms. The van der Waals surface area contributed by atoms with Crippen LogP contribution in [0.5, 0.6) is 0 Å². The van der Waals surface area contributed by atoms with Crippen LogP contribution in [0.25, 0.3) is 0 Å². The number of nitrogens with two attached hydrogens (primary N) is 1. The normalized spacial score (nSPS) is 9.27. The Kier molecular flexibility index (Phi) is 10.9. The Bertz CT molecular complexity index is 267. The Labute approximate surface area is 108 Å². The third-order valence-corrected chi connectivity index (χ3v) is 1.44. The van der Waals surface area contributed by atoms with Gasteiger partial charge in [0, 0.05) is 7.05 Å². The molecule has 0 radical (unpaired) electrons. The maximum atomic E-state index is 10.7. The summed E-state index contributed by atoms with van der Waals surface area (Å²) in [4.78, 5) is 28.0. The first-order valence-corrected chi connectivity index (χ1v) is 4.58. The summed E-state index contributed by atoms with van der Waals surface area (Å²) in [6, 6.07) is 0. The summed E-state index contributed by atoms with van der Waals surface area (Å²) in [6.07, 6.45) is 0. The van der Waals surface area contributed by atoms with Gasteiger partial charge in [-0.05, 0) is 0 Å². The Morgan fingerprint density at radius 2 is 2.00 bits per heavy atom. The number of nitrogens with one attached hydrogen (secondary N) is 1. The number of phosphoric acid groups is 1. The van der Waals surface area contributed by atoms with Crippen molar-refractivity contribution in [2.45, 2.75) is 0 Å². The van der Waals surface area contributed by atoms with E-state index in [0.29, 0.717) is 0 Å². The van der Waals surface area contributed by atoms with Gasteiger partial charge in [-0.2, -0.15) is 0 Å². The molecule has 0 heterocycles. The van der Waals surface area contributed by atoms with Gasteiger partial charge in [0.25, 0.3) is 0 Å². The van der Waals surface area contributed by atoms with Crippen LogP contribution in [0, 0.1) is 5.41 Å². The van der Waals surface area contributed by atoms with Crippen LogP contribution in [0.15, 0.2) is 0 Å². The van der Waals surface area contributed by atoms with Gasteiger partial charge in [-0.15, -0.1) is 0 Å². The fourth-order valence-electron chi connectivity index (χ4n) is 0.440. The van der Waals surface area contributed by atoms with E-state index in [1.165, 1.54) is 7.05 Å². The second-order valence-electron chi connectivity index (χ2n) is 2.20. The average Bonchev–Trinajstić information content (AvgIpc) is 1.81. The molecule has 0 aromatic rings. The topological polar surface area (TPSA) is 168 Å². The maximum absolute atomic E-state index is 10.7. The van der Waals surface area contributed by atoms with Crippen molar-refractivity contribution in [3.8, 4) is 0 Å². The average molecular weight is 253 g/mol. The third kappa shape index (κ3) is 11.8. The molecule has 0 saturated heterocycles. The number of carbonyl (C=O) groups is 1. The van der Waals surface area contributed by atoms with Crippen molar-refractivity contribution in [1.29, 1.82) is 5.41 Å². The van der Waals surface area contributed by atoms with Crippen LogP contribution in [0.3, 0.4) is 0 Å². The van der Waals surface area contributed by atoms with Crippen molar-refractivity contribution in [2.24, 2.45) is 5.73 Å².